The third-order valence-electron chi connectivity index (χ3n) is 4.52. The smallest absolute Gasteiger partial charge is 0.242 e. The summed E-state index contributed by atoms with van der Waals surface area (Å²) in [6.45, 7) is 6.36. The normalized spacial score (nSPS) is 22.0. The molecule has 1 amide bonds. The molecule has 1 aromatic heterocycles. The molecular weight excluding hydrogens is 328 g/mol. The quantitative estimate of drug-likeness (QED) is 0.731. The number of hydrogen-bond acceptors (Lipinski definition) is 5. The van der Waals surface area contributed by atoms with E-state index in [2.05, 4.69) is 22.2 Å². The van der Waals surface area contributed by atoms with Crippen LogP contribution in [0.2, 0.25) is 0 Å². The number of carbonyl (C=O) groups is 1. The number of carbonyl (C=O) groups excluding carboxylic acids is 1. The number of aryl methyl sites for hydroxylation is 1. The van der Waals surface area contributed by atoms with Gasteiger partial charge in [0.25, 0.3) is 0 Å². The molecule has 0 spiro atoms. The van der Waals surface area contributed by atoms with Crippen molar-refractivity contribution >= 4 is 15.7 Å². The molecule has 136 valence electrons. The van der Waals surface area contributed by atoms with E-state index in [1.165, 1.54) is 6.26 Å². The summed E-state index contributed by atoms with van der Waals surface area (Å²) in [5.74, 6) is 0.494. The summed E-state index contributed by atoms with van der Waals surface area (Å²) in [5.41, 5.74) is 0.955. The van der Waals surface area contributed by atoms with Crippen LogP contribution in [-0.2, 0) is 21.2 Å². The summed E-state index contributed by atoms with van der Waals surface area (Å²) < 4.78 is 24.4. The lowest BCUT2D eigenvalue weighted by Gasteiger charge is -2.19. The van der Waals surface area contributed by atoms with Crippen molar-refractivity contribution in [2.24, 2.45) is 5.92 Å². The molecule has 0 unspecified atom stereocenters. The Morgan fingerprint density at radius 2 is 2.17 bits per heavy atom. The lowest BCUT2D eigenvalue weighted by atomic mass is 9.98. The topological polar surface area (TPSA) is 84.3 Å². The highest BCUT2D eigenvalue weighted by atomic mass is 32.2. The fourth-order valence-electron chi connectivity index (χ4n) is 3.22. The Morgan fingerprint density at radius 1 is 1.42 bits per heavy atom. The number of rotatable bonds is 8. The summed E-state index contributed by atoms with van der Waals surface area (Å²) in [6.07, 6.45) is 5.03. The van der Waals surface area contributed by atoms with Gasteiger partial charge in [0.15, 0.2) is 0 Å². The van der Waals surface area contributed by atoms with Crippen LogP contribution in [0.4, 0.5) is 0 Å². The monoisotopic (exact) mass is 356 g/mol. The molecule has 1 aliphatic rings. The zero-order chi connectivity index (χ0) is 17.7. The fourth-order valence-corrected chi connectivity index (χ4v) is 3.81. The van der Waals surface area contributed by atoms with Gasteiger partial charge >= 0.3 is 0 Å². The lowest BCUT2D eigenvalue weighted by molar-refractivity contribution is -0.122. The first-order valence-electron chi connectivity index (χ1n) is 8.46. The van der Waals surface area contributed by atoms with Gasteiger partial charge in [0.05, 0.1) is 5.75 Å². The van der Waals surface area contributed by atoms with Crippen molar-refractivity contribution in [3.8, 4) is 0 Å². The second kappa shape index (κ2) is 8.11. The highest BCUT2D eigenvalue weighted by Gasteiger charge is 2.33. The number of amides is 1. The van der Waals surface area contributed by atoms with Crippen LogP contribution in [0.5, 0.6) is 0 Å². The van der Waals surface area contributed by atoms with E-state index in [4.69, 9.17) is 0 Å². The summed E-state index contributed by atoms with van der Waals surface area (Å²) >= 11 is 0. The van der Waals surface area contributed by atoms with Gasteiger partial charge in [-0.1, -0.05) is 13.3 Å². The molecule has 8 heteroatoms. The molecule has 2 heterocycles. The third kappa shape index (κ3) is 5.59. The van der Waals surface area contributed by atoms with Gasteiger partial charge in [0.2, 0.25) is 5.91 Å². The van der Waals surface area contributed by atoms with E-state index < -0.39 is 9.84 Å². The largest absolute Gasteiger partial charge is 0.350 e. The minimum atomic E-state index is -2.96. The number of aromatic nitrogens is 2. The van der Waals surface area contributed by atoms with E-state index in [0.717, 1.165) is 25.1 Å². The SMILES string of the molecule is CCC[C@H]1CN(CCS(C)(=O)=O)C[C@@H]1NC(=O)Cn1nccc1C. The van der Waals surface area contributed by atoms with E-state index in [-0.39, 0.29) is 24.2 Å². The molecule has 1 aliphatic heterocycles. The van der Waals surface area contributed by atoms with E-state index in [9.17, 15) is 13.2 Å². The van der Waals surface area contributed by atoms with Crippen molar-refractivity contribution in [2.45, 2.75) is 39.3 Å². The van der Waals surface area contributed by atoms with Gasteiger partial charge in [-0.25, -0.2) is 8.42 Å². The highest BCUT2D eigenvalue weighted by molar-refractivity contribution is 7.90. The van der Waals surface area contributed by atoms with Crippen LogP contribution in [0.15, 0.2) is 12.3 Å². The van der Waals surface area contributed by atoms with Crippen molar-refractivity contribution in [3.05, 3.63) is 18.0 Å². The summed E-state index contributed by atoms with van der Waals surface area (Å²) in [4.78, 5) is 14.5. The van der Waals surface area contributed by atoms with Crippen LogP contribution in [0.25, 0.3) is 0 Å². The Labute approximate surface area is 144 Å². The molecule has 1 saturated heterocycles. The van der Waals surface area contributed by atoms with Crippen molar-refractivity contribution < 1.29 is 13.2 Å². The minimum absolute atomic E-state index is 0.0436. The fraction of sp³-hybridized carbons (Fsp3) is 0.750. The van der Waals surface area contributed by atoms with Gasteiger partial charge in [-0.05, 0) is 25.3 Å². The maximum absolute atomic E-state index is 12.3. The number of hydrogen-bond donors (Lipinski definition) is 1. The molecule has 2 rings (SSSR count). The Balaban J connectivity index is 1.91. The predicted octanol–water partition coefficient (Wildman–Crippen LogP) is 0.453. The zero-order valence-electron chi connectivity index (χ0n) is 14.7. The Morgan fingerprint density at radius 3 is 2.75 bits per heavy atom. The summed E-state index contributed by atoms with van der Waals surface area (Å²) in [5, 5.41) is 7.25. The second-order valence-electron chi connectivity index (χ2n) is 6.74. The van der Waals surface area contributed by atoms with E-state index >= 15 is 0 Å². The average molecular weight is 356 g/mol. The van der Waals surface area contributed by atoms with Crippen LogP contribution < -0.4 is 5.32 Å². The maximum atomic E-state index is 12.3. The lowest BCUT2D eigenvalue weighted by Crippen LogP contribution is -2.42. The molecule has 0 saturated carbocycles. The van der Waals surface area contributed by atoms with Crippen molar-refractivity contribution in [1.29, 1.82) is 0 Å². The van der Waals surface area contributed by atoms with Gasteiger partial charge in [-0.3, -0.25) is 14.4 Å². The highest BCUT2D eigenvalue weighted by Crippen LogP contribution is 2.21. The van der Waals surface area contributed by atoms with Crippen LogP contribution in [0, 0.1) is 12.8 Å². The van der Waals surface area contributed by atoms with Crippen LogP contribution >= 0.6 is 0 Å². The Bertz CT molecular complexity index is 656. The first-order valence-corrected chi connectivity index (χ1v) is 10.5. The number of nitrogens with zero attached hydrogens (tertiary/aromatic N) is 3. The number of nitrogens with one attached hydrogen (secondary N) is 1. The number of likely N-dealkylation sites (tertiary alicyclic amines) is 1. The second-order valence-corrected chi connectivity index (χ2v) is 9.00. The molecule has 1 N–H and O–H groups in total. The zero-order valence-corrected chi connectivity index (χ0v) is 15.6. The molecule has 0 radical (unpaired) electrons. The van der Waals surface area contributed by atoms with Gasteiger partial charge in [0.1, 0.15) is 16.4 Å². The molecular formula is C16H28N4O3S. The van der Waals surface area contributed by atoms with Crippen molar-refractivity contribution in [2.75, 3.05) is 31.6 Å². The summed E-state index contributed by atoms with van der Waals surface area (Å²) in [6, 6.07) is 1.95. The first-order chi connectivity index (χ1) is 11.3. The Hall–Kier alpha value is -1.41. The van der Waals surface area contributed by atoms with E-state index in [0.29, 0.717) is 19.0 Å². The minimum Gasteiger partial charge on any atom is -0.350 e. The van der Waals surface area contributed by atoms with E-state index in [1.54, 1.807) is 10.9 Å². The van der Waals surface area contributed by atoms with Gasteiger partial charge in [0, 0.05) is 43.8 Å². The predicted molar refractivity (Wildman–Crippen MR) is 93.4 cm³/mol. The first kappa shape index (κ1) is 18.9. The van der Waals surface area contributed by atoms with Gasteiger partial charge in [-0.2, -0.15) is 5.10 Å². The molecule has 0 bridgehead atoms. The molecule has 1 fully saturated rings. The molecule has 0 aliphatic carbocycles. The molecule has 7 nitrogen and oxygen atoms in total. The molecule has 0 aromatic carbocycles. The van der Waals surface area contributed by atoms with Crippen LogP contribution in [-0.4, -0.2) is 66.7 Å². The van der Waals surface area contributed by atoms with Crippen molar-refractivity contribution in [3.63, 3.8) is 0 Å². The maximum Gasteiger partial charge on any atom is 0.242 e. The van der Waals surface area contributed by atoms with Gasteiger partial charge in [-0.15, -0.1) is 0 Å². The van der Waals surface area contributed by atoms with Crippen molar-refractivity contribution in [1.82, 2.24) is 20.0 Å². The standard InChI is InChI=1S/C16H28N4O3S/c1-4-5-14-10-19(8-9-24(3,22)23)11-15(14)18-16(21)12-20-13(2)6-7-17-20/h6-7,14-15H,4-5,8-12H2,1-3H3,(H,18,21)/t14-,15-/m0/s1. The van der Waals surface area contributed by atoms with Gasteiger partial charge < -0.3 is 5.32 Å². The number of sulfone groups is 1. The van der Waals surface area contributed by atoms with Crippen LogP contribution in [0.1, 0.15) is 25.5 Å². The Kier molecular flexibility index (Phi) is 6.40. The van der Waals surface area contributed by atoms with E-state index in [1.807, 2.05) is 13.0 Å². The average Bonchev–Trinajstić information content (AvgIpc) is 3.04. The third-order valence-corrected chi connectivity index (χ3v) is 5.45. The molecule has 24 heavy (non-hydrogen) atoms. The summed E-state index contributed by atoms with van der Waals surface area (Å²) in [7, 11) is -2.96. The molecule has 2 atom stereocenters. The van der Waals surface area contributed by atoms with Crippen LogP contribution in [0.3, 0.4) is 0 Å². The molecule has 1 aromatic rings.